The van der Waals surface area contributed by atoms with E-state index in [1.165, 1.54) is 12.1 Å². The largest absolute Gasteiger partial charge is 0.276 e. The molecule has 0 radical (unpaired) electrons. The summed E-state index contributed by atoms with van der Waals surface area (Å²) in [5.41, 5.74) is 0.474. The first-order valence-corrected chi connectivity index (χ1v) is 10.1. The van der Waals surface area contributed by atoms with Gasteiger partial charge in [0.05, 0.1) is 5.69 Å². The lowest BCUT2D eigenvalue weighted by atomic mass is 9.91. The molecule has 0 heterocycles. The molecule has 3 aromatic rings. The molecule has 0 aromatic heterocycles. The maximum atomic E-state index is 14.6. The lowest BCUT2D eigenvalue weighted by molar-refractivity contribution is 0.0987. The number of amides is 1. The van der Waals surface area contributed by atoms with Gasteiger partial charge in [0.2, 0.25) is 5.82 Å². The molecule has 3 aromatic carbocycles. The SMILES string of the molecule is CC(C)c1cccc(C(C)C)c1N(C(=O)c1c(F)c(F)c(F)c(F)c1F)c1ccccc1. The maximum Gasteiger partial charge on any atom is 0.269 e. The van der Waals surface area contributed by atoms with Crippen LogP contribution in [0.4, 0.5) is 33.3 Å². The third kappa shape index (κ3) is 3.99. The van der Waals surface area contributed by atoms with Gasteiger partial charge in [-0.25, -0.2) is 22.0 Å². The highest BCUT2D eigenvalue weighted by Gasteiger charge is 2.35. The number of anilines is 2. The molecule has 1 amide bonds. The van der Waals surface area contributed by atoms with Gasteiger partial charge in [-0.2, -0.15) is 0 Å². The van der Waals surface area contributed by atoms with Gasteiger partial charge in [-0.3, -0.25) is 9.69 Å². The molecule has 2 nitrogen and oxygen atoms in total. The van der Waals surface area contributed by atoms with Crippen LogP contribution >= 0.6 is 0 Å². The van der Waals surface area contributed by atoms with Crippen LogP contribution in [0.15, 0.2) is 48.5 Å². The molecule has 0 spiro atoms. The number of para-hydroxylation sites is 2. The summed E-state index contributed by atoms with van der Waals surface area (Å²) in [4.78, 5) is 14.6. The Bertz CT molecular complexity index is 1100. The van der Waals surface area contributed by atoms with Crippen molar-refractivity contribution in [1.29, 1.82) is 0 Å². The second kappa shape index (κ2) is 9.10. The summed E-state index contributed by atoms with van der Waals surface area (Å²) >= 11 is 0. The minimum atomic E-state index is -2.31. The molecule has 3 rings (SSSR count). The zero-order valence-electron chi connectivity index (χ0n) is 18.0. The standard InChI is InChI=1S/C25H22F5NO/c1-13(2)16-11-8-12-17(14(3)4)24(16)31(15-9-6-5-7-10-15)25(32)18-19(26)21(28)23(30)22(29)20(18)27/h5-14H,1-4H3. The Hall–Kier alpha value is -3.22. The van der Waals surface area contributed by atoms with Crippen molar-refractivity contribution in [2.75, 3.05) is 4.90 Å². The molecular formula is C25H22F5NO. The predicted molar refractivity (Wildman–Crippen MR) is 114 cm³/mol. The van der Waals surface area contributed by atoms with Crippen molar-refractivity contribution in [2.24, 2.45) is 0 Å². The average molecular weight is 447 g/mol. The van der Waals surface area contributed by atoms with Crippen molar-refractivity contribution in [3.63, 3.8) is 0 Å². The Morgan fingerprint density at radius 1 is 0.656 bits per heavy atom. The summed E-state index contributed by atoms with van der Waals surface area (Å²) in [6.45, 7) is 7.54. The van der Waals surface area contributed by atoms with Gasteiger partial charge >= 0.3 is 0 Å². The zero-order valence-corrected chi connectivity index (χ0v) is 18.0. The molecule has 0 aliphatic rings. The molecule has 168 valence electrons. The molecular weight excluding hydrogens is 425 g/mol. The van der Waals surface area contributed by atoms with E-state index in [0.29, 0.717) is 16.8 Å². The van der Waals surface area contributed by atoms with E-state index in [9.17, 15) is 26.7 Å². The highest BCUT2D eigenvalue weighted by Crippen LogP contribution is 2.40. The number of benzene rings is 3. The van der Waals surface area contributed by atoms with Crippen LogP contribution in [-0.4, -0.2) is 5.91 Å². The minimum Gasteiger partial charge on any atom is -0.276 e. The molecule has 0 atom stereocenters. The minimum absolute atomic E-state index is 0.0981. The van der Waals surface area contributed by atoms with Gasteiger partial charge in [0.1, 0.15) is 5.56 Å². The number of hydrogen-bond donors (Lipinski definition) is 0. The number of carbonyl (C=O) groups excluding carboxylic acids is 1. The summed E-state index contributed by atoms with van der Waals surface area (Å²) in [5.74, 6) is -12.5. The van der Waals surface area contributed by atoms with Gasteiger partial charge in [0, 0.05) is 5.69 Å². The highest BCUT2D eigenvalue weighted by molar-refractivity contribution is 6.12. The van der Waals surface area contributed by atoms with Crippen molar-refractivity contribution in [3.8, 4) is 0 Å². The van der Waals surface area contributed by atoms with Crippen LogP contribution in [0.1, 0.15) is 61.0 Å². The summed E-state index contributed by atoms with van der Waals surface area (Å²) in [6.07, 6.45) is 0. The second-order valence-electron chi connectivity index (χ2n) is 8.02. The van der Waals surface area contributed by atoms with E-state index in [0.717, 1.165) is 4.90 Å². The molecule has 0 fully saturated rings. The molecule has 0 saturated heterocycles. The first-order chi connectivity index (χ1) is 15.1. The van der Waals surface area contributed by atoms with Crippen LogP contribution in [0.5, 0.6) is 0 Å². The third-order valence-electron chi connectivity index (χ3n) is 5.21. The molecule has 7 heteroatoms. The maximum absolute atomic E-state index is 14.6. The van der Waals surface area contributed by atoms with Gasteiger partial charge in [-0.1, -0.05) is 64.1 Å². The van der Waals surface area contributed by atoms with Crippen LogP contribution in [-0.2, 0) is 0 Å². The first kappa shape index (κ1) is 23.4. The molecule has 0 unspecified atom stereocenters. The van der Waals surface area contributed by atoms with Gasteiger partial charge in [0.15, 0.2) is 23.3 Å². The van der Waals surface area contributed by atoms with Crippen LogP contribution < -0.4 is 4.90 Å². The molecule has 0 aliphatic carbocycles. The number of rotatable bonds is 5. The monoisotopic (exact) mass is 447 g/mol. The van der Waals surface area contributed by atoms with Crippen molar-refractivity contribution < 1.29 is 26.7 Å². The topological polar surface area (TPSA) is 20.3 Å². The van der Waals surface area contributed by atoms with Gasteiger partial charge in [0.25, 0.3) is 5.91 Å². The number of carbonyl (C=O) groups is 1. The fraction of sp³-hybridized carbons (Fsp3) is 0.240. The van der Waals surface area contributed by atoms with E-state index in [2.05, 4.69) is 0 Å². The Morgan fingerprint density at radius 3 is 1.53 bits per heavy atom. The molecule has 0 aliphatic heterocycles. The summed E-state index contributed by atoms with van der Waals surface area (Å²) in [5, 5.41) is 0. The summed E-state index contributed by atoms with van der Waals surface area (Å²) in [6, 6.07) is 13.3. The molecule has 0 saturated carbocycles. The smallest absolute Gasteiger partial charge is 0.269 e. The Balaban J connectivity index is 2.40. The van der Waals surface area contributed by atoms with Gasteiger partial charge in [-0.15, -0.1) is 0 Å². The summed E-state index contributed by atoms with van der Waals surface area (Å²) < 4.78 is 70.6. The van der Waals surface area contributed by atoms with E-state index < -0.39 is 40.6 Å². The second-order valence-corrected chi connectivity index (χ2v) is 8.02. The van der Waals surface area contributed by atoms with E-state index in [-0.39, 0.29) is 17.5 Å². The average Bonchev–Trinajstić information content (AvgIpc) is 2.77. The molecule has 0 N–H and O–H groups in total. The van der Waals surface area contributed by atoms with Crippen LogP contribution in [0, 0.1) is 29.1 Å². The summed E-state index contributed by atoms with van der Waals surface area (Å²) in [7, 11) is 0. The van der Waals surface area contributed by atoms with Crippen molar-refractivity contribution in [1.82, 2.24) is 0 Å². The van der Waals surface area contributed by atoms with Crippen LogP contribution in [0.2, 0.25) is 0 Å². The van der Waals surface area contributed by atoms with E-state index in [1.54, 1.807) is 36.4 Å². The normalized spacial score (nSPS) is 11.3. The highest BCUT2D eigenvalue weighted by atomic mass is 19.2. The number of nitrogens with zero attached hydrogens (tertiary/aromatic N) is 1. The van der Waals surface area contributed by atoms with Crippen molar-refractivity contribution in [2.45, 2.75) is 39.5 Å². The van der Waals surface area contributed by atoms with Crippen LogP contribution in [0.25, 0.3) is 0 Å². The number of hydrogen-bond acceptors (Lipinski definition) is 1. The Labute approximate surface area is 183 Å². The van der Waals surface area contributed by atoms with Crippen LogP contribution in [0.3, 0.4) is 0 Å². The fourth-order valence-corrected chi connectivity index (χ4v) is 3.60. The number of halogens is 5. The molecule has 0 bridgehead atoms. The molecule has 32 heavy (non-hydrogen) atoms. The third-order valence-corrected chi connectivity index (χ3v) is 5.21. The van der Waals surface area contributed by atoms with E-state index in [4.69, 9.17) is 0 Å². The lowest BCUT2D eigenvalue weighted by Crippen LogP contribution is -2.31. The fourth-order valence-electron chi connectivity index (χ4n) is 3.60. The van der Waals surface area contributed by atoms with E-state index in [1.807, 2.05) is 27.7 Å². The van der Waals surface area contributed by atoms with Gasteiger partial charge in [-0.05, 0) is 35.1 Å². The first-order valence-electron chi connectivity index (χ1n) is 10.1. The van der Waals surface area contributed by atoms with Gasteiger partial charge < -0.3 is 0 Å². The van der Waals surface area contributed by atoms with E-state index >= 15 is 0 Å². The zero-order chi connectivity index (χ0) is 23.7. The Morgan fingerprint density at radius 2 is 1.09 bits per heavy atom. The Kier molecular flexibility index (Phi) is 6.67. The quantitative estimate of drug-likeness (QED) is 0.224. The van der Waals surface area contributed by atoms with Crippen molar-refractivity contribution >= 4 is 17.3 Å². The predicted octanol–water partition coefficient (Wildman–Crippen LogP) is 7.61. The van der Waals surface area contributed by atoms with Crippen molar-refractivity contribution in [3.05, 3.63) is 94.3 Å². The lowest BCUT2D eigenvalue weighted by Gasteiger charge is -2.30.